The molecule has 0 aliphatic heterocycles. The number of methoxy groups -OCH3 is 1. The molecule has 0 atom stereocenters. The Morgan fingerprint density at radius 1 is 1.32 bits per heavy atom. The van der Waals surface area contributed by atoms with E-state index < -0.39 is 5.91 Å². The number of halogens is 1. The molecule has 2 heterocycles. The van der Waals surface area contributed by atoms with Crippen LogP contribution in [0, 0.1) is 5.82 Å². The van der Waals surface area contributed by atoms with Gasteiger partial charge in [0.25, 0.3) is 5.91 Å². The molecule has 0 fully saturated rings. The summed E-state index contributed by atoms with van der Waals surface area (Å²) >= 11 is 0. The molecule has 1 amide bonds. The predicted molar refractivity (Wildman–Crippen MR) is 87.7 cm³/mol. The van der Waals surface area contributed by atoms with Gasteiger partial charge in [-0.05, 0) is 23.8 Å². The van der Waals surface area contributed by atoms with Gasteiger partial charge in [-0.2, -0.15) is 0 Å². The number of aromatic nitrogens is 1. The second-order valence-corrected chi connectivity index (χ2v) is 5.23. The minimum absolute atomic E-state index is 0.123. The van der Waals surface area contributed by atoms with E-state index in [1.807, 2.05) is 0 Å². The Labute approximate surface area is 142 Å². The lowest BCUT2D eigenvalue weighted by Gasteiger charge is -2.11. The maximum absolute atomic E-state index is 12.9. The first-order valence-electron chi connectivity index (χ1n) is 7.41. The van der Waals surface area contributed by atoms with Crippen molar-refractivity contribution in [2.75, 3.05) is 7.11 Å². The van der Waals surface area contributed by atoms with E-state index in [9.17, 15) is 14.3 Å². The fourth-order valence-corrected chi connectivity index (χ4v) is 2.26. The molecule has 25 heavy (non-hydrogen) atoms. The maximum atomic E-state index is 12.9. The van der Waals surface area contributed by atoms with Crippen molar-refractivity contribution in [3.63, 3.8) is 0 Å². The monoisotopic (exact) mass is 342 g/mol. The zero-order valence-electron chi connectivity index (χ0n) is 13.3. The van der Waals surface area contributed by atoms with Crippen molar-refractivity contribution >= 4 is 5.91 Å². The van der Waals surface area contributed by atoms with Crippen LogP contribution in [0.15, 0.2) is 53.3 Å². The van der Waals surface area contributed by atoms with Crippen molar-refractivity contribution in [1.29, 1.82) is 0 Å². The van der Waals surface area contributed by atoms with Crippen LogP contribution in [-0.4, -0.2) is 23.1 Å². The van der Waals surface area contributed by atoms with Gasteiger partial charge in [0.1, 0.15) is 5.82 Å². The summed E-state index contributed by atoms with van der Waals surface area (Å²) in [6, 6.07) is 8.92. The molecule has 3 aromatic rings. The molecule has 0 radical (unpaired) electrons. The average molecular weight is 342 g/mol. The summed E-state index contributed by atoms with van der Waals surface area (Å²) in [5.74, 6) is -1.16. The lowest BCUT2D eigenvalue weighted by atomic mass is 10.1. The number of aromatic hydroxyl groups is 1. The highest BCUT2D eigenvalue weighted by molar-refractivity contribution is 5.96. The number of amides is 1. The Balaban J connectivity index is 1.85. The molecular formula is C18H15FN2O4. The number of nitrogens with one attached hydrogen (secondary N) is 1. The van der Waals surface area contributed by atoms with Gasteiger partial charge in [-0.25, -0.2) is 9.37 Å². The normalized spacial score (nSPS) is 10.5. The van der Waals surface area contributed by atoms with E-state index in [-0.39, 0.29) is 29.6 Å². The van der Waals surface area contributed by atoms with E-state index in [4.69, 9.17) is 9.15 Å². The molecule has 0 bridgehead atoms. The zero-order chi connectivity index (χ0) is 17.8. The van der Waals surface area contributed by atoms with E-state index in [1.165, 1.54) is 37.8 Å². The van der Waals surface area contributed by atoms with Crippen LogP contribution in [0.1, 0.15) is 16.1 Å². The molecular weight excluding hydrogens is 327 g/mol. The summed E-state index contributed by atoms with van der Waals surface area (Å²) in [4.78, 5) is 16.6. The molecule has 2 N–H and O–H groups in total. The van der Waals surface area contributed by atoms with Crippen molar-refractivity contribution in [3.05, 3.63) is 66.0 Å². The Hall–Kier alpha value is -3.35. The van der Waals surface area contributed by atoms with Crippen molar-refractivity contribution in [2.45, 2.75) is 6.54 Å². The maximum Gasteiger partial charge on any atom is 0.274 e. The Kier molecular flexibility index (Phi) is 4.65. The topological polar surface area (TPSA) is 84.6 Å². The van der Waals surface area contributed by atoms with Gasteiger partial charge in [-0.15, -0.1) is 0 Å². The fraction of sp³-hybridized carbons (Fsp3) is 0.111. The second kappa shape index (κ2) is 7.04. The number of benzene rings is 1. The molecule has 0 saturated heterocycles. The van der Waals surface area contributed by atoms with Gasteiger partial charge in [0, 0.05) is 18.2 Å². The highest BCUT2D eigenvalue weighted by Crippen LogP contribution is 2.33. The number of ether oxygens (including phenoxy) is 1. The smallest absolute Gasteiger partial charge is 0.274 e. The molecule has 0 spiro atoms. The molecule has 0 saturated carbocycles. The van der Waals surface area contributed by atoms with Crippen LogP contribution >= 0.6 is 0 Å². The number of pyridine rings is 1. The molecule has 128 valence electrons. The highest BCUT2D eigenvalue weighted by atomic mass is 19.1. The summed E-state index contributed by atoms with van der Waals surface area (Å²) in [5, 5.41) is 12.8. The van der Waals surface area contributed by atoms with Crippen LogP contribution < -0.4 is 10.1 Å². The molecule has 0 aliphatic rings. The number of carbonyl (C=O) groups is 1. The molecule has 0 aliphatic carbocycles. The molecule has 6 nitrogen and oxygen atoms in total. The van der Waals surface area contributed by atoms with Gasteiger partial charge in [-0.3, -0.25) is 4.79 Å². The lowest BCUT2D eigenvalue weighted by Crippen LogP contribution is -2.24. The molecule has 1 aromatic carbocycles. The number of hydrogen-bond acceptors (Lipinski definition) is 5. The van der Waals surface area contributed by atoms with Crippen LogP contribution in [0.4, 0.5) is 4.39 Å². The van der Waals surface area contributed by atoms with Crippen molar-refractivity contribution in [2.24, 2.45) is 0 Å². The summed E-state index contributed by atoms with van der Waals surface area (Å²) in [5.41, 5.74) is 1.62. The minimum Gasteiger partial charge on any atom is -0.503 e. The number of hydrogen-bond donors (Lipinski definition) is 2. The first kappa shape index (κ1) is 16.5. The van der Waals surface area contributed by atoms with E-state index in [2.05, 4.69) is 10.3 Å². The Morgan fingerprint density at radius 3 is 2.72 bits per heavy atom. The number of furan rings is 1. The fourth-order valence-electron chi connectivity index (χ4n) is 2.26. The number of rotatable bonds is 5. The van der Waals surface area contributed by atoms with Crippen LogP contribution in [-0.2, 0) is 6.54 Å². The number of nitrogens with zero attached hydrogens (tertiary/aromatic N) is 1. The van der Waals surface area contributed by atoms with Crippen molar-refractivity contribution in [1.82, 2.24) is 10.3 Å². The van der Waals surface area contributed by atoms with Crippen LogP contribution in [0.25, 0.3) is 11.3 Å². The van der Waals surface area contributed by atoms with E-state index in [0.29, 0.717) is 16.8 Å². The minimum atomic E-state index is -0.578. The quantitative estimate of drug-likeness (QED) is 0.744. The third-order valence-electron chi connectivity index (χ3n) is 3.58. The van der Waals surface area contributed by atoms with Crippen LogP contribution in [0.2, 0.25) is 0 Å². The summed E-state index contributed by atoms with van der Waals surface area (Å²) in [7, 11) is 1.38. The van der Waals surface area contributed by atoms with Crippen molar-refractivity contribution in [3.8, 4) is 22.8 Å². The first-order chi connectivity index (χ1) is 12.1. The van der Waals surface area contributed by atoms with E-state index in [0.717, 1.165) is 0 Å². The lowest BCUT2D eigenvalue weighted by molar-refractivity contribution is 0.0942. The average Bonchev–Trinajstić information content (AvgIpc) is 3.16. The number of carbonyl (C=O) groups excluding carboxylic acids is 1. The largest absolute Gasteiger partial charge is 0.503 e. The standard InChI is InChI=1S/C18H15FN2O4/c1-24-15-8-14(12-6-7-25-10-12)21-16(17(15)22)18(23)20-9-11-2-4-13(19)5-3-11/h2-8,10,22H,9H2,1H3,(H,20,23). The third kappa shape index (κ3) is 3.60. The zero-order valence-corrected chi connectivity index (χ0v) is 13.3. The van der Waals surface area contributed by atoms with Gasteiger partial charge < -0.3 is 19.6 Å². The molecule has 2 aromatic heterocycles. The summed E-state index contributed by atoms with van der Waals surface area (Å²) < 4.78 is 23.0. The van der Waals surface area contributed by atoms with Gasteiger partial charge in [0.15, 0.2) is 17.2 Å². The van der Waals surface area contributed by atoms with Crippen molar-refractivity contribution < 1.29 is 23.4 Å². The van der Waals surface area contributed by atoms with Gasteiger partial charge in [0.2, 0.25) is 0 Å². The Morgan fingerprint density at radius 2 is 2.08 bits per heavy atom. The van der Waals surface area contributed by atoms with Gasteiger partial charge >= 0.3 is 0 Å². The predicted octanol–water partition coefficient (Wildman–Crippen LogP) is 3.12. The van der Waals surface area contributed by atoms with E-state index >= 15 is 0 Å². The first-order valence-corrected chi connectivity index (χ1v) is 7.41. The van der Waals surface area contributed by atoms with Gasteiger partial charge in [0.05, 0.1) is 25.3 Å². The molecule has 7 heteroatoms. The molecule has 3 rings (SSSR count). The van der Waals surface area contributed by atoms with E-state index in [1.54, 1.807) is 18.2 Å². The van der Waals surface area contributed by atoms with Crippen LogP contribution in [0.5, 0.6) is 11.5 Å². The summed E-state index contributed by atoms with van der Waals surface area (Å²) in [6.45, 7) is 0.165. The highest BCUT2D eigenvalue weighted by Gasteiger charge is 2.20. The SMILES string of the molecule is COc1cc(-c2ccoc2)nc(C(=O)NCc2ccc(F)cc2)c1O. The van der Waals surface area contributed by atoms with Gasteiger partial charge in [-0.1, -0.05) is 12.1 Å². The third-order valence-corrected chi connectivity index (χ3v) is 3.58. The molecule has 0 unspecified atom stereocenters. The second-order valence-electron chi connectivity index (χ2n) is 5.23. The Bertz CT molecular complexity index is 877. The van der Waals surface area contributed by atoms with Crippen LogP contribution in [0.3, 0.4) is 0 Å². The summed E-state index contributed by atoms with van der Waals surface area (Å²) in [6.07, 6.45) is 2.95.